The van der Waals surface area contributed by atoms with E-state index in [1.54, 1.807) is 0 Å². The molecule has 1 atom stereocenters. The molecule has 1 amide bonds. The van der Waals surface area contributed by atoms with Crippen LogP contribution in [0, 0.1) is 5.41 Å². The lowest BCUT2D eigenvalue weighted by Crippen LogP contribution is -2.61. The number of aliphatic hydroxyl groups is 1. The lowest BCUT2D eigenvalue weighted by molar-refractivity contribution is -0.131. The first-order valence-corrected chi connectivity index (χ1v) is 5.54. The molecule has 0 aromatic rings. The molecule has 0 bridgehead atoms. The van der Waals surface area contributed by atoms with Crippen molar-refractivity contribution in [3.8, 4) is 0 Å². The highest BCUT2D eigenvalue weighted by atomic mass is 16.3. The maximum absolute atomic E-state index is 11.8. The van der Waals surface area contributed by atoms with Crippen molar-refractivity contribution in [2.24, 2.45) is 5.41 Å². The quantitative estimate of drug-likeness (QED) is 0.618. The number of aliphatic hydroxyl groups excluding tert-OH is 1. The second-order valence-electron chi connectivity index (χ2n) is 5.42. The van der Waals surface area contributed by atoms with Crippen LogP contribution in [0.25, 0.3) is 0 Å². The van der Waals surface area contributed by atoms with Gasteiger partial charge in [0.05, 0.1) is 12.1 Å². The SMILES string of the molecule is CC(C)(C)C(=O)NC1(CO)CCCNC1. The molecule has 1 saturated heterocycles. The molecule has 0 radical (unpaired) electrons. The highest BCUT2D eigenvalue weighted by Crippen LogP contribution is 2.20. The Kier molecular flexibility index (Phi) is 3.73. The van der Waals surface area contributed by atoms with Crippen LogP contribution in [0.15, 0.2) is 0 Å². The van der Waals surface area contributed by atoms with Crippen LogP contribution in [0.4, 0.5) is 0 Å². The van der Waals surface area contributed by atoms with Gasteiger partial charge in [-0.25, -0.2) is 0 Å². The van der Waals surface area contributed by atoms with E-state index in [1.807, 2.05) is 20.8 Å². The van der Waals surface area contributed by atoms with Gasteiger partial charge in [0.2, 0.25) is 5.91 Å². The molecule has 0 saturated carbocycles. The average Bonchev–Trinajstić information content (AvgIpc) is 2.18. The summed E-state index contributed by atoms with van der Waals surface area (Å²) in [4.78, 5) is 11.8. The topological polar surface area (TPSA) is 61.4 Å². The van der Waals surface area contributed by atoms with Gasteiger partial charge in [-0.15, -0.1) is 0 Å². The fourth-order valence-corrected chi connectivity index (χ4v) is 1.68. The van der Waals surface area contributed by atoms with Crippen LogP contribution in [0.3, 0.4) is 0 Å². The van der Waals surface area contributed by atoms with Crippen LogP contribution in [-0.4, -0.2) is 36.2 Å². The number of rotatable bonds is 2. The zero-order chi connectivity index (χ0) is 11.5. The Hall–Kier alpha value is -0.610. The molecule has 0 aromatic carbocycles. The van der Waals surface area contributed by atoms with E-state index in [2.05, 4.69) is 10.6 Å². The van der Waals surface area contributed by atoms with Gasteiger partial charge in [-0.3, -0.25) is 4.79 Å². The number of carbonyl (C=O) groups excluding carboxylic acids is 1. The number of hydrogen-bond donors (Lipinski definition) is 3. The largest absolute Gasteiger partial charge is 0.394 e. The third kappa shape index (κ3) is 3.18. The van der Waals surface area contributed by atoms with Gasteiger partial charge >= 0.3 is 0 Å². The number of carbonyl (C=O) groups is 1. The van der Waals surface area contributed by atoms with Crippen molar-refractivity contribution in [3.63, 3.8) is 0 Å². The number of amides is 1. The molecule has 88 valence electrons. The first kappa shape index (κ1) is 12.5. The van der Waals surface area contributed by atoms with Crippen LogP contribution in [0.2, 0.25) is 0 Å². The molecule has 4 heteroatoms. The molecule has 0 spiro atoms. The van der Waals surface area contributed by atoms with E-state index in [4.69, 9.17) is 0 Å². The molecule has 15 heavy (non-hydrogen) atoms. The van der Waals surface area contributed by atoms with Gasteiger partial charge in [-0.05, 0) is 19.4 Å². The first-order valence-electron chi connectivity index (χ1n) is 5.54. The predicted molar refractivity (Wildman–Crippen MR) is 59.5 cm³/mol. The van der Waals surface area contributed by atoms with Crippen molar-refractivity contribution in [1.82, 2.24) is 10.6 Å². The van der Waals surface area contributed by atoms with E-state index in [-0.39, 0.29) is 12.5 Å². The summed E-state index contributed by atoms with van der Waals surface area (Å²) in [6.45, 7) is 7.26. The zero-order valence-electron chi connectivity index (χ0n) is 9.89. The van der Waals surface area contributed by atoms with Crippen LogP contribution in [0.5, 0.6) is 0 Å². The van der Waals surface area contributed by atoms with E-state index < -0.39 is 11.0 Å². The minimum absolute atomic E-state index is 0.000231. The molecule has 1 aliphatic rings. The Morgan fingerprint density at radius 1 is 1.53 bits per heavy atom. The maximum atomic E-state index is 11.8. The second-order valence-corrected chi connectivity index (χ2v) is 5.42. The van der Waals surface area contributed by atoms with Gasteiger partial charge in [0.25, 0.3) is 0 Å². The summed E-state index contributed by atoms with van der Waals surface area (Å²) in [7, 11) is 0. The summed E-state index contributed by atoms with van der Waals surface area (Å²) in [5, 5.41) is 15.6. The summed E-state index contributed by atoms with van der Waals surface area (Å²) >= 11 is 0. The zero-order valence-corrected chi connectivity index (χ0v) is 9.89. The van der Waals surface area contributed by atoms with E-state index in [9.17, 15) is 9.90 Å². The number of piperidine rings is 1. The molecule has 1 unspecified atom stereocenters. The molecule has 3 N–H and O–H groups in total. The van der Waals surface area contributed by atoms with Crippen LogP contribution in [0.1, 0.15) is 33.6 Å². The van der Waals surface area contributed by atoms with Crippen LogP contribution < -0.4 is 10.6 Å². The van der Waals surface area contributed by atoms with E-state index in [0.29, 0.717) is 6.54 Å². The van der Waals surface area contributed by atoms with Gasteiger partial charge in [-0.2, -0.15) is 0 Å². The number of hydrogen-bond acceptors (Lipinski definition) is 3. The van der Waals surface area contributed by atoms with Gasteiger partial charge in [0.1, 0.15) is 0 Å². The second kappa shape index (κ2) is 4.49. The third-order valence-electron chi connectivity index (χ3n) is 2.83. The Morgan fingerprint density at radius 2 is 2.20 bits per heavy atom. The fraction of sp³-hybridized carbons (Fsp3) is 0.909. The van der Waals surface area contributed by atoms with Gasteiger partial charge < -0.3 is 15.7 Å². The summed E-state index contributed by atoms with van der Waals surface area (Å²) in [6, 6.07) is 0. The summed E-state index contributed by atoms with van der Waals surface area (Å²) in [5.41, 5.74) is -0.859. The lowest BCUT2D eigenvalue weighted by atomic mass is 9.88. The third-order valence-corrected chi connectivity index (χ3v) is 2.83. The van der Waals surface area contributed by atoms with Gasteiger partial charge in [-0.1, -0.05) is 20.8 Å². The highest BCUT2D eigenvalue weighted by Gasteiger charge is 2.35. The predicted octanol–water partition coefficient (Wildman–Crippen LogP) is 0.263. The van der Waals surface area contributed by atoms with Crippen molar-refractivity contribution >= 4 is 5.91 Å². The number of nitrogens with one attached hydrogen (secondary N) is 2. The standard InChI is InChI=1S/C11H22N2O2/c1-10(2,3)9(15)13-11(8-14)5-4-6-12-7-11/h12,14H,4-8H2,1-3H3,(H,13,15). The van der Waals surface area contributed by atoms with E-state index in [1.165, 1.54) is 0 Å². The molecular weight excluding hydrogens is 192 g/mol. The Bertz CT molecular complexity index is 227. The molecule has 1 rings (SSSR count). The first-order chi connectivity index (χ1) is 6.90. The van der Waals surface area contributed by atoms with Crippen molar-refractivity contribution < 1.29 is 9.90 Å². The van der Waals surface area contributed by atoms with Crippen molar-refractivity contribution in [2.75, 3.05) is 19.7 Å². The van der Waals surface area contributed by atoms with Crippen LogP contribution >= 0.6 is 0 Å². The maximum Gasteiger partial charge on any atom is 0.225 e. The van der Waals surface area contributed by atoms with Crippen molar-refractivity contribution in [3.05, 3.63) is 0 Å². The Labute approximate surface area is 91.4 Å². The normalized spacial score (nSPS) is 27.5. The average molecular weight is 214 g/mol. The molecule has 1 heterocycles. The lowest BCUT2D eigenvalue weighted by Gasteiger charge is -2.38. The van der Waals surface area contributed by atoms with Crippen molar-refractivity contribution in [1.29, 1.82) is 0 Å². The summed E-state index contributed by atoms with van der Waals surface area (Å²) in [6.07, 6.45) is 1.84. The molecule has 1 fully saturated rings. The van der Waals surface area contributed by atoms with Crippen LogP contribution in [-0.2, 0) is 4.79 Å². The molecular formula is C11H22N2O2. The van der Waals surface area contributed by atoms with Crippen molar-refractivity contribution in [2.45, 2.75) is 39.2 Å². The minimum Gasteiger partial charge on any atom is -0.394 e. The minimum atomic E-state index is -0.456. The Morgan fingerprint density at radius 3 is 2.60 bits per heavy atom. The van der Waals surface area contributed by atoms with Gasteiger partial charge in [0, 0.05) is 12.0 Å². The molecule has 0 aliphatic carbocycles. The fourth-order valence-electron chi connectivity index (χ4n) is 1.68. The molecule has 0 aromatic heterocycles. The van der Waals surface area contributed by atoms with E-state index >= 15 is 0 Å². The summed E-state index contributed by atoms with van der Waals surface area (Å²) < 4.78 is 0. The summed E-state index contributed by atoms with van der Waals surface area (Å²) in [5.74, 6) is 0.000231. The molecule has 4 nitrogen and oxygen atoms in total. The van der Waals surface area contributed by atoms with Gasteiger partial charge in [0.15, 0.2) is 0 Å². The van der Waals surface area contributed by atoms with E-state index in [0.717, 1.165) is 19.4 Å². The highest BCUT2D eigenvalue weighted by molar-refractivity contribution is 5.82. The monoisotopic (exact) mass is 214 g/mol. The Balaban J connectivity index is 2.63. The molecule has 1 aliphatic heterocycles. The smallest absolute Gasteiger partial charge is 0.225 e.